The SMILES string of the molecule is Cc1cc(-c2cc(C(=O)NCC3(c4ccc5c(c4)OCO5)CCOCC3)c3c(C)noc3n2)c(C)o1. The van der Waals surface area contributed by atoms with Crippen LogP contribution in [0.2, 0.25) is 0 Å². The zero-order valence-corrected chi connectivity index (χ0v) is 20.5. The van der Waals surface area contributed by atoms with Crippen molar-refractivity contribution in [3.05, 3.63) is 58.7 Å². The zero-order valence-electron chi connectivity index (χ0n) is 20.5. The van der Waals surface area contributed by atoms with Crippen LogP contribution in [-0.2, 0) is 10.2 Å². The summed E-state index contributed by atoms with van der Waals surface area (Å²) < 4.78 is 27.9. The lowest BCUT2D eigenvalue weighted by Crippen LogP contribution is -2.44. The Kier molecular flexibility index (Phi) is 5.44. The average molecular weight is 490 g/mol. The number of aryl methyl sites for hydroxylation is 3. The number of amides is 1. The third kappa shape index (κ3) is 3.80. The molecule has 5 heterocycles. The Hall–Kier alpha value is -3.85. The maximum atomic E-state index is 13.7. The number of nitrogens with zero attached hydrogens (tertiary/aromatic N) is 2. The molecule has 2 aliphatic rings. The number of hydrogen-bond acceptors (Lipinski definition) is 8. The molecule has 0 atom stereocenters. The van der Waals surface area contributed by atoms with Crippen molar-refractivity contribution in [3.63, 3.8) is 0 Å². The first kappa shape index (κ1) is 22.6. The van der Waals surface area contributed by atoms with Gasteiger partial charge in [-0.2, -0.15) is 0 Å². The van der Waals surface area contributed by atoms with E-state index in [1.54, 1.807) is 6.07 Å². The van der Waals surface area contributed by atoms with Gasteiger partial charge in [-0.1, -0.05) is 11.2 Å². The molecule has 0 aliphatic carbocycles. The molecule has 0 radical (unpaired) electrons. The van der Waals surface area contributed by atoms with Crippen LogP contribution in [-0.4, -0.2) is 42.6 Å². The van der Waals surface area contributed by atoms with Gasteiger partial charge in [0.05, 0.1) is 22.3 Å². The second-order valence-corrected chi connectivity index (χ2v) is 9.47. The van der Waals surface area contributed by atoms with Gasteiger partial charge in [0.2, 0.25) is 6.79 Å². The topological polar surface area (TPSA) is 109 Å². The number of nitrogens with one attached hydrogen (secondary N) is 1. The van der Waals surface area contributed by atoms with Gasteiger partial charge in [-0.05, 0) is 63.4 Å². The number of pyridine rings is 1. The molecule has 1 fully saturated rings. The Bertz CT molecular complexity index is 1460. The fourth-order valence-electron chi connectivity index (χ4n) is 5.20. The van der Waals surface area contributed by atoms with Crippen LogP contribution in [0.3, 0.4) is 0 Å². The minimum atomic E-state index is -0.286. The van der Waals surface area contributed by atoms with E-state index in [0.29, 0.717) is 47.8 Å². The molecule has 36 heavy (non-hydrogen) atoms. The summed E-state index contributed by atoms with van der Waals surface area (Å²) in [5, 5.41) is 7.87. The van der Waals surface area contributed by atoms with Gasteiger partial charge in [-0.25, -0.2) is 4.98 Å². The number of benzene rings is 1. The smallest absolute Gasteiger partial charge is 0.259 e. The molecule has 1 amide bonds. The summed E-state index contributed by atoms with van der Waals surface area (Å²) in [6.45, 7) is 7.48. The van der Waals surface area contributed by atoms with E-state index < -0.39 is 0 Å². The van der Waals surface area contributed by atoms with Crippen LogP contribution in [0.4, 0.5) is 0 Å². The Balaban J connectivity index is 1.34. The van der Waals surface area contributed by atoms with Crippen molar-refractivity contribution < 1.29 is 27.9 Å². The average Bonchev–Trinajstić information content (AvgIpc) is 3.60. The molecule has 0 saturated carbocycles. The summed E-state index contributed by atoms with van der Waals surface area (Å²) in [6, 6.07) is 9.71. The first-order valence-electron chi connectivity index (χ1n) is 12.0. The number of carbonyl (C=O) groups excluding carboxylic acids is 1. The van der Waals surface area contributed by atoms with E-state index in [1.165, 1.54) is 0 Å². The van der Waals surface area contributed by atoms with Crippen molar-refractivity contribution in [2.24, 2.45) is 0 Å². The lowest BCUT2D eigenvalue weighted by molar-refractivity contribution is 0.0486. The van der Waals surface area contributed by atoms with Crippen molar-refractivity contribution in [1.82, 2.24) is 15.5 Å². The molecular weight excluding hydrogens is 462 g/mol. The molecule has 3 aromatic heterocycles. The highest BCUT2D eigenvalue weighted by atomic mass is 16.7. The molecule has 1 N–H and O–H groups in total. The van der Waals surface area contributed by atoms with Crippen molar-refractivity contribution in [1.29, 1.82) is 0 Å². The van der Waals surface area contributed by atoms with Crippen LogP contribution in [0.5, 0.6) is 11.5 Å². The molecule has 0 spiro atoms. The third-order valence-electron chi connectivity index (χ3n) is 7.20. The molecule has 2 aliphatic heterocycles. The summed E-state index contributed by atoms with van der Waals surface area (Å²) in [5.41, 5.74) is 3.65. The van der Waals surface area contributed by atoms with Crippen molar-refractivity contribution in [2.75, 3.05) is 26.6 Å². The van der Waals surface area contributed by atoms with Crippen molar-refractivity contribution >= 4 is 17.0 Å². The molecule has 1 aromatic carbocycles. The molecule has 0 bridgehead atoms. The molecule has 4 aromatic rings. The van der Waals surface area contributed by atoms with Gasteiger partial charge in [-0.3, -0.25) is 4.79 Å². The van der Waals surface area contributed by atoms with Gasteiger partial charge >= 0.3 is 0 Å². The highest BCUT2D eigenvalue weighted by Gasteiger charge is 2.36. The highest BCUT2D eigenvalue weighted by Crippen LogP contribution is 2.41. The number of rotatable bonds is 5. The van der Waals surface area contributed by atoms with Gasteiger partial charge in [0.25, 0.3) is 11.6 Å². The van der Waals surface area contributed by atoms with Crippen LogP contribution in [0.25, 0.3) is 22.4 Å². The monoisotopic (exact) mass is 489 g/mol. The van der Waals surface area contributed by atoms with E-state index >= 15 is 0 Å². The van der Waals surface area contributed by atoms with E-state index in [-0.39, 0.29) is 18.1 Å². The van der Waals surface area contributed by atoms with Crippen LogP contribution >= 0.6 is 0 Å². The maximum Gasteiger partial charge on any atom is 0.259 e. The second-order valence-electron chi connectivity index (χ2n) is 9.47. The Morgan fingerprint density at radius 2 is 1.86 bits per heavy atom. The number of furan rings is 1. The Labute approximate surface area is 207 Å². The standard InChI is InChI=1S/C27H27N3O6/c1-15-10-19(17(3)35-15)21-12-20(24-16(2)30-36-26(24)29-21)25(31)28-13-27(6-8-32-9-7-27)18-4-5-22-23(11-18)34-14-33-22/h4-5,10-12H,6-9,13-14H2,1-3H3,(H,28,31). The minimum Gasteiger partial charge on any atom is -0.466 e. The van der Waals surface area contributed by atoms with Crippen LogP contribution < -0.4 is 14.8 Å². The van der Waals surface area contributed by atoms with Gasteiger partial charge in [0, 0.05) is 30.7 Å². The molecule has 1 saturated heterocycles. The third-order valence-corrected chi connectivity index (χ3v) is 7.20. The maximum absolute atomic E-state index is 13.7. The Morgan fingerprint density at radius 3 is 2.64 bits per heavy atom. The summed E-state index contributed by atoms with van der Waals surface area (Å²) >= 11 is 0. The van der Waals surface area contributed by atoms with Crippen LogP contribution in [0, 0.1) is 20.8 Å². The van der Waals surface area contributed by atoms with Crippen LogP contribution in [0.15, 0.2) is 39.3 Å². The van der Waals surface area contributed by atoms with E-state index in [9.17, 15) is 4.79 Å². The molecule has 9 heteroatoms. The Morgan fingerprint density at radius 1 is 1.06 bits per heavy atom. The minimum absolute atomic E-state index is 0.209. The highest BCUT2D eigenvalue weighted by molar-refractivity contribution is 6.07. The summed E-state index contributed by atoms with van der Waals surface area (Å²) in [4.78, 5) is 18.3. The van der Waals surface area contributed by atoms with E-state index in [4.69, 9.17) is 23.2 Å². The summed E-state index contributed by atoms with van der Waals surface area (Å²) in [6.07, 6.45) is 1.56. The normalized spacial score (nSPS) is 16.4. The lowest BCUT2D eigenvalue weighted by Gasteiger charge is -2.38. The molecule has 9 nitrogen and oxygen atoms in total. The van der Waals surface area contributed by atoms with Gasteiger partial charge in [-0.15, -0.1) is 0 Å². The summed E-state index contributed by atoms with van der Waals surface area (Å²) in [7, 11) is 0. The molecule has 186 valence electrons. The van der Waals surface area contributed by atoms with E-state index in [1.807, 2.05) is 39.0 Å². The fraction of sp³-hybridized carbons (Fsp3) is 0.370. The molecular formula is C27H27N3O6. The second kappa shape index (κ2) is 8.67. The summed E-state index contributed by atoms with van der Waals surface area (Å²) in [5.74, 6) is 2.76. The van der Waals surface area contributed by atoms with Crippen molar-refractivity contribution in [3.8, 4) is 22.8 Å². The first-order chi connectivity index (χ1) is 17.4. The number of hydrogen-bond donors (Lipinski definition) is 1. The van der Waals surface area contributed by atoms with Gasteiger partial charge in [0.15, 0.2) is 11.5 Å². The fourth-order valence-corrected chi connectivity index (χ4v) is 5.20. The van der Waals surface area contributed by atoms with Crippen LogP contribution in [0.1, 0.15) is 46.0 Å². The first-order valence-corrected chi connectivity index (χ1v) is 12.0. The van der Waals surface area contributed by atoms with E-state index in [2.05, 4.69) is 21.5 Å². The number of carbonyl (C=O) groups is 1. The van der Waals surface area contributed by atoms with Gasteiger partial charge in [0.1, 0.15) is 11.5 Å². The van der Waals surface area contributed by atoms with Crippen molar-refractivity contribution in [2.45, 2.75) is 39.0 Å². The van der Waals surface area contributed by atoms with E-state index in [0.717, 1.165) is 47.0 Å². The zero-order chi connectivity index (χ0) is 24.9. The predicted octanol–water partition coefficient (Wildman–Crippen LogP) is 4.61. The lowest BCUT2D eigenvalue weighted by atomic mass is 9.74. The number of aromatic nitrogens is 2. The number of fused-ring (bicyclic) bond motifs is 2. The molecule has 6 rings (SSSR count). The quantitative estimate of drug-likeness (QED) is 0.433. The number of ether oxygens (including phenoxy) is 3. The predicted molar refractivity (Wildman–Crippen MR) is 130 cm³/mol. The molecule has 0 unspecified atom stereocenters. The largest absolute Gasteiger partial charge is 0.466 e. The van der Waals surface area contributed by atoms with Gasteiger partial charge < -0.3 is 28.5 Å².